The molecule has 0 bridgehead atoms. The molecule has 0 aliphatic carbocycles. The van der Waals surface area contributed by atoms with Gasteiger partial charge in [-0.15, -0.1) is 0 Å². The van der Waals surface area contributed by atoms with E-state index in [0.29, 0.717) is 0 Å². The van der Waals surface area contributed by atoms with E-state index < -0.39 is 17.5 Å². The molecule has 1 rings (SSSR count). The molecule has 1 aromatic carbocycles. The minimum Gasteiger partial charge on any atom is -0.300 e. The van der Waals surface area contributed by atoms with Gasteiger partial charge in [0.05, 0.1) is 12.0 Å². The molecule has 98 valence electrons. The van der Waals surface area contributed by atoms with Crippen LogP contribution in [0.15, 0.2) is 18.2 Å². The van der Waals surface area contributed by atoms with Crippen molar-refractivity contribution in [1.82, 2.24) is 0 Å². The molecule has 0 fully saturated rings. The lowest BCUT2D eigenvalue weighted by molar-refractivity contribution is -0.137. The highest BCUT2D eigenvalue weighted by Gasteiger charge is 2.31. The first-order valence-corrected chi connectivity index (χ1v) is 5.72. The molecule has 0 aromatic heterocycles. The van der Waals surface area contributed by atoms with E-state index in [9.17, 15) is 22.8 Å². The predicted molar refractivity (Wildman–Crippen MR) is 63.8 cm³/mol. The second-order valence-corrected chi connectivity index (χ2v) is 4.15. The van der Waals surface area contributed by atoms with Crippen molar-refractivity contribution in [2.45, 2.75) is 25.3 Å². The van der Waals surface area contributed by atoms with E-state index in [1.54, 1.807) is 0 Å². The molecule has 1 aromatic rings. The van der Waals surface area contributed by atoms with Gasteiger partial charge in [0.2, 0.25) is 0 Å². The highest BCUT2D eigenvalue weighted by atomic mass is 32.1. The van der Waals surface area contributed by atoms with Crippen LogP contribution in [-0.2, 0) is 16.7 Å². The number of alkyl halides is 3. The van der Waals surface area contributed by atoms with Gasteiger partial charge in [-0.1, -0.05) is 6.07 Å². The molecule has 2 nitrogen and oxygen atoms in total. The van der Waals surface area contributed by atoms with Crippen LogP contribution in [0.1, 0.15) is 34.8 Å². The fraction of sp³-hybridized carbons (Fsp3) is 0.333. The zero-order valence-corrected chi connectivity index (χ0v) is 10.4. The van der Waals surface area contributed by atoms with E-state index in [4.69, 9.17) is 0 Å². The monoisotopic (exact) mass is 276 g/mol. The summed E-state index contributed by atoms with van der Waals surface area (Å²) in [5, 5.41) is 0. The van der Waals surface area contributed by atoms with Gasteiger partial charge in [0.1, 0.15) is 5.78 Å². The third-order valence-electron chi connectivity index (χ3n) is 2.31. The number of halogens is 3. The van der Waals surface area contributed by atoms with Gasteiger partial charge in [0, 0.05) is 11.3 Å². The van der Waals surface area contributed by atoms with Crippen LogP contribution in [-0.4, -0.2) is 11.6 Å². The number of hydrogen-bond acceptors (Lipinski definition) is 3. The summed E-state index contributed by atoms with van der Waals surface area (Å²) in [5.41, 5.74) is -0.529. The van der Waals surface area contributed by atoms with Crippen molar-refractivity contribution in [1.29, 1.82) is 0 Å². The Labute approximate surface area is 108 Å². The molecule has 0 saturated heterocycles. The van der Waals surface area contributed by atoms with E-state index in [2.05, 4.69) is 12.6 Å². The minimum atomic E-state index is -4.46. The summed E-state index contributed by atoms with van der Waals surface area (Å²) in [6, 6.07) is 2.82. The molecular weight excluding hydrogens is 265 g/mol. The summed E-state index contributed by atoms with van der Waals surface area (Å²) in [6.45, 7) is 1.25. The molecule has 0 atom stereocenters. The van der Waals surface area contributed by atoms with E-state index in [1.807, 2.05) is 0 Å². The molecular formula is C12H11F3O2S. The maximum Gasteiger partial charge on any atom is 0.416 e. The largest absolute Gasteiger partial charge is 0.416 e. The molecule has 0 aliphatic heterocycles. The van der Waals surface area contributed by atoms with Crippen LogP contribution < -0.4 is 0 Å². The molecule has 0 unspecified atom stereocenters. The molecule has 0 aliphatic rings. The van der Waals surface area contributed by atoms with Gasteiger partial charge in [-0.2, -0.15) is 25.8 Å². The topological polar surface area (TPSA) is 34.1 Å². The number of carbonyl (C=O) groups excluding carboxylic acids is 2. The molecule has 0 N–H and O–H groups in total. The second kappa shape index (κ2) is 5.56. The SMILES string of the molecule is CC(=O)CC(=O)c1ccc(C(F)(F)F)cc1CS. The average molecular weight is 276 g/mol. The second-order valence-electron chi connectivity index (χ2n) is 3.83. The maximum atomic E-state index is 12.5. The molecule has 18 heavy (non-hydrogen) atoms. The van der Waals surface area contributed by atoms with E-state index in [-0.39, 0.29) is 29.1 Å². The van der Waals surface area contributed by atoms with Gasteiger partial charge >= 0.3 is 6.18 Å². The molecule has 0 heterocycles. The standard InChI is InChI=1S/C12H11F3O2S/c1-7(16)4-11(17)10-3-2-9(12(13,14)15)5-8(10)6-18/h2-3,5,18H,4,6H2,1H3. The van der Waals surface area contributed by atoms with Gasteiger partial charge in [-0.05, 0) is 24.6 Å². The van der Waals surface area contributed by atoms with Crippen molar-refractivity contribution >= 4 is 24.2 Å². The molecule has 0 amide bonds. The number of rotatable bonds is 4. The van der Waals surface area contributed by atoms with Gasteiger partial charge in [0.15, 0.2) is 5.78 Å². The number of thiol groups is 1. The van der Waals surface area contributed by atoms with E-state index in [0.717, 1.165) is 18.2 Å². The van der Waals surface area contributed by atoms with Crippen molar-refractivity contribution in [3.8, 4) is 0 Å². The van der Waals surface area contributed by atoms with Crippen molar-refractivity contribution in [2.75, 3.05) is 0 Å². The number of carbonyl (C=O) groups is 2. The fourth-order valence-corrected chi connectivity index (χ4v) is 1.76. The Hall–Kier alpha value is -1.30. The van der Waals surface area contributed by atoms with Crippen LogP contribution in [0.5, 0.6) is 0 Å². The Morgan fingerprint density at radius 3 is 2.33 bits per heavy atom. The molecule has 6 heteroatoms. The highest BCUT2D eigenvalue weighted by molar-refractivity contribution is 7.79. The zero-order chi connectivity index (χ0) is 13.9. The van der Waals surface area contributed by atoms with Gasteiger partial charge < -0.3 is 0 Å². The van der Waals surface area contributed by atoms with E-state index >= 15 is 0 Å². The number of Topliss-reactive ketones (excluding diaryl/α,β-unsaturated/α-hetero) is 2. The summed E-state index contributed by atoms with van der Waals surface area (Å²) in [7, 11) is 0. The normalized spacial score (nSPS) is 11.4. The van der Waals surface area contributed by atoms with Crippen molar-refractivity contribution in [3.63, 3.8) is 0 Å². The Morgan fingerprint density at radius 2 is 1.89 bits per heavy atom. The summed E-state index contributed by atoms with van der Waals surface area (Å²) < 4.78 is 37.4. The van der Waals surface area contributed by atoms with E-state index in [1.165, 1.54) is 6.92 Å². The molecule has 0 radical (unpaired) electrons. The van der Waals surface area contributed by atoms with Crippen LogP contribution in [0.4, 0.5) is 13.2 Å². The highest BCUT2D eigenvalue weighted by Crippen LogP contribution is 2.31. The summed E-state index contributed by atoms with van der Waals surface area (Å²) in [5.74, 6) is -0.812. The third-order valence-corrected chi connectivity index (χ3v) is 2.65. The van der Waals surface area contributed by atoms with Crippen molar-refractivity contribution < 1.29 is 22.8 Å². The lowest BCUT2D eigenvalue weighted by Gasteiger charge is -2.11. The first-order chi connectivity index (χ1) is 8.25. The lowest BCUT2D eigenvalue weighted by Crippen LogP contribution is -2.11. The van der Waals surface area contributed by atoms with Gasteiger partial charge in [0.25, 0.3) is 0 Å². The Bertz CT molecular complexity index is 481. The smallest absolute Gasteiger partial charge is 0.300 e. The van der Waals surface area contributed by atoms with Crippen LogP contribution >= 0.6 is 12.6 Å². The zero-order valence-electron chi connectivity index (χ0n) is 9.54. The Morgan fingerprint density at radius 1 is 1.28 bits per heavy atom. The first-order valence-electron chi connectivity index (χ1n) is 5.09. The van der Waals surface area contributed by atoms with Gasteiger partial charge in [-0.25, -0.2) is 0 Å². The number of benzene rings is 1. The predicted octanol–water partition coefficient (Wildman–Crippen LogP) is 3.30. The number of ketones is 2. The fourth-order valence-electron chi connectivity index (χ4n) is 1.49. The van der Waals surface area contributed by atoms with Crippen LogP contribution in [0.25, 0.3) is 0 Å². The quantitative estimate of drug-likeness (QED) is 0.520. The van der Waals surface area contributed by atoms with Crippen LogP contribution in [0.3, 0.4) is 0 Å². The summed E-state index contributed by atoms with van der Waals surface area (Å²) in [4.78, 5) is 22.5. The van der Waals surface area contributed by atoms with Crippen molar-refractivity contribution in [2.24, 2.45) is 0 Å². The van der Waals surface area contributed by atoms with Gasteiger partial charge in [-0.3, -0.25) is 9.59 Å². The molecule has 0 saturated carbocycles. The Balaban J connectivity index is 3.15. The van der Waals surface area contributed by atoms with Crippen molar-refractivity contribution in [3.05, 3.63) is 34.9 Å². The first kappa shape index (κ1) is 14.8. The summed E-state index contributed by atoms with van der Waals surface area (Å²) in [6.07, 6.45) is -4.77. The Kier molecular flexibility index (Phi) is 4.56. The maximum absolute atomic E-state index is 12.5. The van der Waals surface area contributed by atoms with Crippen LogP contribution in [0.2, 0.25) is 0 Å². The minimum absolute atomic E-state index is 0.00288. The number of hydrogen-bond donors (Lipinski definition) is 1. The third kappa shape index (κ3) is 3.60. The lowest BCUT2D eigenvalue weighted by atomic mass is 9.99. The average Bonchev–Trinajstić information content (AvgIpc) is 2.26. The molecule has 0 spiro atoms. The summed E-state index contributed by atoms with van der Waals surface area (Å²) >= 11 is 3.90. The van der Waals surface area contributed by atoms with Crippen LogP contribution in [0, 0.1) is 0 Å².